The first kappa shape index (κ1) is 34.4. The summed E-state index contributed by atoms with van der Waals surface area (Å²) in [5.41, 5.74) is 0. The molecule has 0 radical (unpaired) electrons. The molecule has 0 rings (SSSR count). The minimum absolute atomic E-state index is 0.266. The molecule has 0 heterocycles. The lowest BCUT2D eigenvalue weighted by molar-refractivity contribution is -0.131. The van der Waals surface area contributed by atoms with Crippen LogP contribution in [0.3, 0.4) is 0 Å². The summed E-state index contributed by atoms with van der Waals surface area (Å²) < 4.78 is 0. The normalized spacial score (nSPS) is 11.5. The molecule has 4 nitrogen and oxygen atoms in total. The Morgan fingerprint density at radius 3 is 1.34 bits per heavy atom. The van der Waals surface area contributed by atoms with Gasteiger partial charge >= 0.3 is 0 Å². The monoisotopic (exact) mass is 496 g/mol. The Bertz CT molecular complexity index is 414. The van der Waals surface area contributed by atoms with Gasteiger partial charge in [-0.15, -0.1) is 0 Å². The molecule has 0 aliphatic heterocycles. The summed E-state index contributed by atoms with van der Waals surface area (Å²) in [7, 11) is 0. The second-order valence-electron chi connectivity index (χ2n) is 10.7. The van der Waals surface area contributed by atoms with E-state index in [4.69, 9.17) is 0 Å². The molecule has 1 amide bonds. The number of carbonyl (C=O) groups is 1. The van der Waals surface area contributed by atoms with Crippen LogP contribution in [0.2, 0.25) is 0 Å². The van der Waals surface area contributed by atoms with Gasteiger partial charge in [0.05, 0.1) is 6.61 Å². The molecule has 0 aromatic heterocycles. The number of nitrogens with zero attached hydrogens (tertiary/aromatic N) is 2. The van der Waals surface area contributed by atoms with E-state index in [9.17, 15) is 9.90 Å². The van der Waals surface area contributed by atoms with Gasteiger partial charge in [-0.1, -0.05) is 117 Å². The number of hydrogen-bond acceptors (Lipinski definition) is 3. The second-order valence-corrected chi connectivity index (χ2v) is 10.7. The number of amides is 1. The molecule has 0 aromatic rings. The summed E-state index contributed by atoms with van der Waals surface area (Å²) in [4.78, 5) is 17.6. The molecule has 0 aliphatic carbocycles. The van der Waals surface area contributed by atoms with Crippen molar-refractivity contribution in [1.82, 2.24) is 9.80 Å². The van der Waals surface area contributed by atoms with Crippen LogP contribution in [0, 0.1) is 0 Å². The second kappa shape index (κ2) is 28.0. The van der Waals surface area contributed by atoms with Crippen LogP contribution in [0.25, 0.3) is 0 Å². The molecule has 0 bridgehead atoms. The molecule has 210 valence electrons. The molecule has 0 fully saturated rings. The Hall–Kier alpha value is -0.610. The van der Waals surface area contributed by atoms with Crippen molar-refractivity contribution in [2.24, 2.45) is 0 Å². The van der Waals surface area contributed by atoms with Gasteiger partial charge in [0, 0.05) is 26.1 Å². The maximum Gasteiger partial charge on any atom is 0.222 e. The lowest BCUT2D eigenvalue weighted by atomic mass is 10.1. The highest BCUT2D eigenvalue weighted by molar-refractivity contribution is 5.76. The molecule has 0 saturated carbocycles. The van der Waals surface area contributed by atoms with E-state index in [1.807, 2.05) is 0 Å². The third kappa shape index (κ3) is 23.5. The first-order valence-corrected chi connectivity index (χ1v) is 15.8. The summed E-state index contributed by atoms with van der Waals surface area (Å²) in [5.74, 6) is 0.400. The third-order valence-electron chi connectivity index (χ3n) is 7.27. The molecule has 35 heavy (non-hydrogen) atoms. The van der Waals surface area contributed by atoms with E-state index in [0.29, 0.717) is 5.91 Å². The van der Waals surface area contributed by atoms with Crippen molar-refractivity contribution in [2.75, 3.05) is 39.3 Å². The standard InChI is InChI=1S/C31H64N2O2/c1-4-7-10-12-17-22-27-33(28-23-18-13-11-8-5-2)31(35)24-19-15-14-16-21-26-32(29-30-34)25-20-9-6-3/h34H,4-30H2,1-3H3. The van der Waals surface area contributed by atoms with Gasteiger partial charge in [0.2, 0.25) is 5.91 Å². The molecule has 0 saturated heterocycles. The van der Waals surface area contributed by atoms with Crippen molar-refractivity contribution in [3.05, 3.63) is 0 Å². The van der Waals surface area contributed by atoms with E-state index in [2.05, 4.69) is 30.6 Å². The SMILES string of the molecule is CCCCCCCCN(CCCCCCCC)C(=O)CCCCCCCN(CCO)CCCCC. The fourth-order valence-corrected chi connectivity index (χ4v) is 4.89. The summed E-state index contributed by atoms with van der Waals surface area (Å²) >= 11 is 0. The van der Waals surface area contributed by atoms with E-state index in [1.165, 1.54) is 122 Å². The van der Waals surface area contributed by atoms with Gasteiger partial charge in [-0.3, -0.25) is 4.79 Å². The smallest absolute Gasteiger partial charge is 0.222 e. The Morgan fingerprint density at radius 1 is 0.486 bits per heavy atom. The van der Waals surface area contributed by atoms with Gasteiger partial charge < -0.3 is 14.9 Å². The quantitative estimate of drug-likeness (QED) is 0.111. The van der Waals surface area contributed by atoms with E-state index in [-0.39, 0.29) is 6.61 Å². The molecular formula is C31H64N2O2. The molecule has 1 N–H and O–H groups in total. The van der Waals surface area contributed by atoms with Crippen molar-refractivity contribution >= 4 is 5.91 Å². The van der Waals surface area contributed by atoms with Crippen molar-refractivity contribution in [3.63, 3.8) is 0 Å². The van der Waals surface area contributed by atoms with Gasteiger partial charge in [-0.05, 0) is 45.2 Å². The number of rotatable bonds is 28. The van der Waals surface area contributed by atoms with E-state index in [1.54, 1.807) is 0 Å². The van der Waals surface area contributed by atoms with Crippen molar-refractivity contribution in [3.8, 4) is 0 Å². The van der Waals surface area contributed by atoms with Gasteiger partial charge in [0.1, 0.15) is 0 Å². The van der Waals surface area contributed by atoms with Crippen LogP contribution in [-0.2, 0) is 4.79 Å². The van der Waals surface area contributed by atoms with E-state index in [0.717, 1.165) is 45.6 Å². The highest BCUT2D eigenvalue weighted by atomic mass is 16.3. The van der Waals surface area contributed by atoms with Gasteiger partial charge in [0.25, 0.3) is 0 Å². The van der Waals surface area contributed by atoms with Crippen LogP contribution in [0.5, 0.6) is 0 Å². The molecular weight excluding hydrogens is 432 g/mol. The highest BCUT2D eigenvalue weighted by Crippen LogP contribution is 2.13. The van der Waals surface area contributed by atoms with E-state index >= 15 is 0 Å². The van der Waals surface area contributed by atoms with Crippen LogP contribution >= 0.6 is 0 Å². The average Bonchev–Trinajstić information content (AvgIpc) is 2.86. The lowest BCUT2D eigenvalue weighted by Gasteiger charge is -2.23. The molecule has 0 aromatic carbocycles. The number of aliphatic hydroxyl groups is 1. The zero-order valence-electron chi connectivity index (χ0n) is 24.3. The van der Waals surface area contributed by atoms with Gasteiger partial charge in [0.15, 0.2) is 0 Å². The number of hydrogen-bond donors (Lipinski definition) is 1. The van der Waals surface area contributed by atoms with Crippen LogP contribution < -0.4 is 0 Å². The van der Waals surface area contributed by atoms with Gasteiger partial charge in [-0.2, -0.15) is 0 Å². The first-order chi connectivity index (χ1) is 17.2. The molecule has 0 aliphatic rings. The van der Waals surface area contributed by atoms with Crippen LogP contribution in [0.4, 0.5) is 0 Å². The Kier molecular flexibility index (Phi) is 27.5. The van der Waals surface area contributed by atoms with Crippen LogP contribution in [-0.4, -0.2) is 60.1 Å². The number of carbonyl (C=O) groups excluding carboxylic acids is 1. The van der Waals surface area contributed by atoms with E-state index < -0.39 is 0 Å². The zero-order valence-corrected chi connectivity index (χ0v) is 24.3. The number of aliphatic hydroxyl groups excluding tert-OH is 1. The Morgan fingerprint density at radius 2 is 0.857 bits per heavy atom. The molecule has 0 unspecified atom stereocenters. The Balaban J connectivity index is 4.10. The molecule has 0 spiro atoms. The molecule has 4 heteroatoms. The highest BCUT2D eigenvalue weighted by Gasteiger charge is 2.12. The maximum absolute atomic E-state index is 12.9. The van der Waals surface area contributed by atoms with Crippen molar-refractivity contribution < 1.29 is 9.90 Å². The largest absolute Gasteiger partial charge is 0.395 e. The minimum atomic E-state index is 0.266. The third-order valence-corrected chi connectivity index (χ3v) is 7.27. The van der Waals surface area contributed by atoms with Crippen molar-refractivity contribution in [2.45, 2.75) is 156 Å². The summed E-state index contributed by atoms with van der Waals surface area (Å²) in [6.07, 6.45) is 25.9. The fourth-order valence-electron chi connectivity index (χ4n) is 4.89. The first-order valence-electron chi connectivity index (χ1n) is 15.8. The molecule has 0 atom stereocenters. The predicted octanol–water partition coefficient (Wildman–Crippen LogP) is 8.36. The van der Waals surface area contributed by atoms with Crippen LogP contribution in [0.1, 0.15) is 156 Å². The average molecular weight is 497 g/mol. The topological polar surface area (TPSA) is 43.8 Å². The fraction of sp³-hybridized carbons (Fsp3) is 0.968. The van der Waals surface area contributed by atoms with Crippen LogP contribution in [0.15, 0.2) is 0 Å². The van der Waals surface area contributed by atoms with Crippen molar-refractivity contribution in [1.29, 1.82) is 0 Å². The zero-order chi connectivity index (χ0) is 25.8. The number of unbranched alkanes of at least 4 members (excludes halogenated alkanes) is 16. The summed E-state index contributed by atoms with van der Waals surface area (Å²) in [5, 5.41) is 9.29. The van der Waals surface area contributed by atoms with Gasteiger partial charge in [-0.25, -0.2) is 0 Å². The maximum atomic E-state index is 12.9. The lowest BCUT2D eigenvalue weighted by Crippen LogP contribution is -2.32. The predicted molar refractivity (Wildman–Crippen MR) is 154 cm³/mol. The summed E-state index contributed by atoms with van der Waals surface area (Å²) in [6, 6.07) is 0. The summed E-state index contributed by atoms with van der Waals surface area (Å²) in [6.45, 7) is 12.0. The Labute approximate surface area is 220 Å². The minimum Gasteiger partial charge on any atom is -0.395 e.